The van der Waals surface area contributed by atoms with E-state index in [0.717, 1.165) is 5.69 Å². The number of benzene rings is 1. The van der Waals surface area contributed by atoms with Crippen molar-refractivity contribution >= 4 is 54.6 Å². The smallest absolute Gasteiger partial charge is 0.0313 e. The van der Waals surface area contributed by atoms with Gasteiger partial charge >= 0.3 is 0 Å². The van der Waals surface area contributed by atoms with E-state index in [0.29, 0.717) is 0 Å². The molecule has 2 N–H and O–H groups in total. The number of hydrogen-bond donors (Lipinski definition) is 1. The van der Waals surface area contributed by atoms with Crippen LogP contribution in [-0.2, 0) is 0 Å². The normalized spacial score (nSPS) is 7.50. The van der Waals surface area contributed by atoms with Gasteiger partial charge in [-0.15, -0.1) is 0 Å². The number of para-hydroxylation sites is 1. The van der Waals surface area contributed by atoms with Crippen molar-refractivity contribution in [2.45, 2.75) is 0 Å². The third-order valence-corrected chi connectivity index (χ3v) is 0.800. The zero-order valence-corrected chi connectivity index (χ0v) is 9.11. The molecule has 0 aliphatic carbocycles. The van der Waals surface area contributed by atoms with Crippen LogP contribution in [0.5, 0.6) is 0 Å². The molecule has 0 aliphatic rings. The molecule has 1 aromatic carbocycles. The van der Waals surface area contributed by atoms with E-state index in [1.165, 1.54) is 0 Å². The Balaban J connectivity index is 0.000000490. The molecule has 2 radical (unpaired) electrons. The van der Waals surface area contributed by atoms with E-state index in [2.05, 4.69) is 0 Å². The summed E-state index contributed by atoms with van der Waals surface area (Å²) in [6.45, 7) is 0. The summed E-state index contributed by atoms with van der Waals surface area (Å²) in [6, 6.07) is 9.49. The van der Waals surface area contributed by atoms with Crippen molar-refractivity contribution in [2.24, 2.45) is 0 Å². The van der Waals surface area contributed by atoms with Gasteiger partial charge in [0, 0.05) is 54.6 Å². The monoisotopic (exact) mass is 231 g/mol. The Morgan fingerprint density at radius 1 is 1.00 bits per heavy atom. The van der Waals surface area contributed by atoms with Gasteiger partial charge in [0.15, 0.2) is 0 Å². The average molecular weight is 230 g/mol. The molecule has 38 valence electrons. The van der Waals surface area contributed by atoms with Crippen molar-refractivity contribution in [1.29, 1.82) is 0 Å². The van der Waals surface area contributed by atoms with Crippen molar-refractivity contribution in [3.63, 3.8) is 0 Å². The zero-order chi connectivity index (χ0) is 5.11. The maximum absolute atomic E-state index is 5.36. The van der Waals surface area contributed by atoms with Gasteiger partial charge in [0.2, 0.25) is 0 Å². The number of hydrogen-bond acceptors (Lipinski definition) is 1. The first-order valence-electron chi connectivity index (χ1n) is 2.20. The van der Waals surface area contributed by atoms with Gasteiger partial charge in [-0.25, -0.2) is 0 Å². The summed E-state index contributed by atoms with van der Waals surface area (Å²) >= 11 is 0. The van der Waals surface area contributed by atoms with Gasteiger partial charge in [0.25, 0.3) is 0 Å². The van der Waals surface area contributed by atoms with Crippen molar-refractivity contribution in [3.05, 3.63) is 30.3 Å². The third kappa shape index (κ3) is 2.79. The molecule has 0 aliphatic heterocycles. The Hall–Kier alpha value is 0.591. The third-order valence-electron chi connectivity index (χ3n) is 0.800. The number of anilines is 1. The van der Waals surface area contributed by atoms with Crippen LogP contribution >= 0.6 is 0 Å². The second-order valence-corrected chi connectivity index (χ2v) is 1.41. The van der Waals surface area contributed by atoms with Crippen molar-refractivity contribution in [1.82, 2.24) is 0 Å². The Bertz CT molecular complexity index is 138. The van der Waals surface area contributed by atoms with E-state index < -0.39 is 0 Å². The first kappa shape index (κ1) is 8.59. The van der Waals surface area contributed by atoms with Crippen molar-refractivity contribution in [3.8, 4) is 0 Å². The summed E-state index contributed by atoms with van der Waals surface area (Å²) in [5, 5.41) is 0. The second kappa shape index (κ2) is 4.47. The minimum Gasteiger partial charge on any atom is -0.399 e. The van der Waals surface area contributed by atoms with Crippen molar-refractivity contribution in [2.75, 3.05) is 5.73 Å². The van der Waals surface area contributed by atoms with E-state index in [1.807, 2.05) is 30.3 Å². The first-order valence-corrected chi connectivity index (χ1v) is 2.20. The van der Waals surface area contributed by atoms with Crippen LogP contribution in [0.2, 0.25) is 0 Å². The largest absolute Gasteiger partial charge is 0.399 e. The zero-order valence-electron chi connectivity index (χ0n) is 4.67. The van der Waals surface area contributed by atoms with E-state index in [-0.39, 0.29) is 48.9 Å². The van der Waals surface area contributed by atoms with Crippen LogP contribution < -0.4 is 5.73 Å². The van der Waals surface area contributed by atoms with Crippen LogP contribution in [0.1, 0.15) is 0 Å². The fourth-order valence-electron chi connectivity index (χ4n) is 0.453. The summed E-state index contributed by atoms with van der Waals surface area (Å²) in [5.74, 6) is 0. The standard InChI is InChI=1S/C6H7N.Ba/c7-6-4-2-1-3-5-6;/h1-5H,7H2;. The second-order valence-electron chi connectivity index (χ2n) is 1.41. The van der Waals surface area contributed by atoms with Crippen LogP contribution in [0.3, 0.4) is 0 Å². The molecule has 0 aromatic heterocycles. The Morgan fingerprint density at radius 2 is 1.50 bits per heavy atom. The van der Waals surface area contributed by atoms with Crippen LogP contribution in [0.15, 0.2) is 30.3 Å². The van der Waals surface area contributed by atoms with Gasteiger partial charge in [-0.1, -0.05) is 18.2 Å². The topological polar surface area (TPSA) is 26.0 Å². The van der Waals surface area contributed by atoms with Crippen LogP contribution in [-0.4, -0.2) is 48.9 Å². The van der Waals surface area contributed by atoms with Crippen molar-refractivity contribution < 1.29 is 0 Å². The number of nitrogens with two attached hydrogens (primary N) is 1. The first-order chi connectivity index (χ1) is 3.39. The van der Waals surface area contributed by atoms with E-state index >= 15 is 0 Å². The maximum atomic E-state index is 5.36. The Labute approximate surface area is 89.3 Å². The molecule has 0 unspecified atom stereocenters. The average Bonchev–Trinajstić information content (AvgIpc) is 1.69. The summed E-state index contributed by atoms with van der Waals surface area (Å²) in [6.07, 6.45) is 0. The molecule has 1 nitrogen and oxygen atoms in total. The van der Waals surface area contributed by atoms with Gasteiger partial charge in [-0.3, -0.25) is 0 Å². The Morgan fingerprint density at radius 3 is 1.75 bits per heavy atom. The van der Waals surface area contributed by atoms with Crippen LogP contribution in [0, 0.1) is 0 Å². The molecule has 0 bridgehead atoms. The van der Waals surface area contributed by atoms with Gasteiger partial charge in [-0.2, -0.15) is 0 Å². The van der Waals surface area contributed by atoms with Gasteiger partial charge in [-0.05, 0) is 12.1 Å². The van der Waals surface area contributed by atoms with Crippen LogP contribution in [0.25, 0.3) is 0 Å². The molecular formula is C6H7BaN. The van der Waals surface area contributed by atoms with E-state index in [4.69, 9.17) is 5.73 Å². The maximum Gasteiger partial charge on any atom is 0.0313 e. The molecule has 0 fully saturated rings. The molecule has 0 saturated carbocycles. The summed E-state index contributed by atoms with van der Waals surface area (Å²) in [5.41, 5.74) is 6.18. The molecule has 0 saturated heterocycles. The molecule has 0 heterocycles. The van der Waals surface area contributed by atoms with Crippen LogP contribution in [0.4, 0.5) is 5.69 Å². The molecule has 1 aromatic rings. The molecule has 0 amide bonds. The SMILES string of the molecule is Nc1ccccc1.[Ba]. The predicted molar refractivity (Wildman–Crippen MR) is 36.6 cm³/mol. The van der Waals surface area contributed by atoms with E-state index in [9.17, 15) is 0 Å². The summed E-state index contributed by atoms with van der Waals surface area (Å²) < 4.78 is 0. The summed E-state index contributed by atoms with van der Waals surface area (Å²) in [7, 11) is 0. The molecular weight excluding hydrogens is 223 g/mol. The van der Waals surface area contributed by atoms with Gasteiger partial charge in [0.1, 0.15) is 0 Å². The molecule has 0 atom stereocenters. The molecule has 1 rings (SSSR count). The van der Waals surface area contributed by atoms with E-state index in [1.54, 1.807) is 0 Å². The Kier molecular flexibility index (Phi) is 4.80. The molecule has 8 heavy (non-hydrogen) atoms. The predicted octanol–water partition coefficient (Wildman–Crippen LogP) is 0.888. The fraction of sp³-hybridized carbons (Fsp3) is 0. The fourth-order valence-corrected chi connectivity index (χ4v) is 0.453. The number of rotatable bonds is 0. The summed E-state index contributed by atoms with van der Waals surface area (Å²) in [4.78, 5) is 0. The minimum absolute atomic E-state index is 0. The molecule has 2 heteroatoms. The number of nitrogen functional groups attached to an aromatic ring is 1. The van der Waals surface area contributed by atoms with Gasteiger partial charge < -0.3 is 5.73 Å². The quantitative estimate of drug-likeness (QED) is 0.520. The molecule has 0 spiro atoms. The van der Waals surface area contributed by atoms with Gasteiger partial charge in [0.05, 0.1) is 0 Å². The minimum atomic E-state index is 0.